The molecule has 0 saturated carbocycles. The second-order valence-corrected chi connectivity index (χ2v) is 10.9. The Morgan fingerprint density at radius 1 is 0.475 bits per heavy atom. The molecule has 0 atom stereocenters. The van der Waals surface area contributed by atoms with E-state index in [1.54, 1.807) is 0 Å². The Balaban J connectivity index is 1.29. The van der Waals surface area contributed by atoms with E-state index in [9.17, 15) is 0 Å². The number of halogens is 1. The predicted octanol–water partition coefficient (Wildman–Crippen LogP) is 10.9. The third kappa shape index (κ3) is 3.64. The van der Waals surface area contributed by atoms with Crippen molar-refractivity contribution >= 4 is 76.7 Å². The number of aromatic nitrogens is 1. The van der Waals surface area contributed by atoms with Gasteiger partial charge in [-0.2, -0.15) is 0 Å². The molecule has 2 heterocycles. The van der Waals surface area contributed by atoms with Gasteiger partial charge in [0.25, 0.3) is 0 Å². The molecule has 0 unspecified atom stereocenters. The first kappa shape index (κ1) is 23.1. The monoisotopic (exact) mass is 578 g/mol. The Bertz CT molecular complexity index is 2120. The number of hydrogen-bond acceptors (Lipinski definition) is 2. The van der Waals surface area contributed by atoms with E-state index >= 15 is 0 Å². The molecule has 0 spiro atoms. The molecule has 0 aliphatic rings. The number of benzene rings is 6. The van der Waals surface area contributed by atoms with Gasteiger partial charge in [-0.25, -0.2) is 0 Å². The average Bonchev–Trinajstić information content (AvgIpc) is 3.53. The van der Waals surface area contributed by atoms with Gasteiger partial charge in [-0.1, -0.05) is 70.5 Å². The van der Waals surface area contributed by atoms with Gasteiger partial charge in [0, 0.05) is 60.9 Å². The van der Waals surface area contributed by atoms with Crippen LogP contribution in [0.1, 0.15) is 0 Å². The van der Waals surface area contributed by atoms with Crippen molar-refractivity contribution in [1.29, 1.82) is 0 Å². The van der Waals surface area contributed by atoms with Gasteiger partial charge in [-0.05, 0) is 72.8 Å². The average molecular weight is 579 g/mol. The highest BCUT2D eigenvalue weighted by Crippen LogP contribution is 2.40. The lowest BCUT2D eigenvalue weighted by Gasteiger charge is -2.25. The smallest absolute Gasteiger partial charge is 0.137 e. The molecule has 6 aromatic carbocycles. The Labute approximate surface area is 239 Å². The molecule has 0 N–H and O–H groups in total. The van der Waals surface area contributed by atoms with Gasteiger partial charge in [-0.3, -0.25) is 0 Å². The third-order valence-electron chi connectivity index (χ3n) is 7.64. The lowest BCUT2D eigenvalue weighted by Crippen LogP contribution is -2.09. The molecule has 190 valence electrons. The van der Waals surface area contributed by atoms with E-state index in [0.717, 1.165) is 49.2 Å². The topological polar surface area (TPSA) is 21.3 Å². The summed E-state index contributed by atoms with van der Waals surface area (Å²) in [6.45, 7) is 0. The molecule has 4 heteroatoms. The van der Waals surface area contributed by atoms with Gasteiger partial charge in [0.15, 0.2) is 0 Å². The molecule has 0 fully saturated rings. The zero-order valence-corrected chi connectivity index (χ0v) is 23.0. The largest absolute Gasteiger partial charge is 0.456 e. The summed E-state index contributed by atoms with van der Waals surface area (Å²) in [7, 11) is 0. The number of fused-ring (bicyclic) bond motifs is 6. The molecule has 0 radical (unpaired) electrons. The highest BCUT2D eigenvalue weighted by atomic mass is 79.9. The van der Waals surface area contributed by atoms with Crippen molar-refractivity contribution in [1.82, 2.24) is 4.57 Å². The van der Waals surface area contributed by atoms with Gasteiger partial charge < -0.3 is 13.9 Å². The van der Waals surface area contributed by atoms with Crippen LogP contribution in [0.5, 0.6) is 0 Å². The highest BCUT2D eigenvalue weighted by molar-refractivity contribution is 9.10. The van der Waals surface area contributed by atoms with E-state index in [-0.39, 0.29) is 0 Å². The Morgan fingerprint density at radius 3 is 1.73 bits per heavy atom. The van der Waals surface area contributed by atoms with Crippen molar-refractivity contribution in [2.75, 3.05) is 4.90 Å². The molecule has 2 aromatic heterocycles. The second-order valence-electron chi connectivity index (χ2n) is 9.98. The minimum absolute atomic E-state index is 0.866. The molecule has 0 aliphatic carbocycles. The van der Waals surface area contributed by atoms with Gasteiger partial charge in [0.05, 0.1) is 11.0 Å². The third-order valence-corrected chi connectivity index (χ3v) is 8.16. The number of para-hydroxylation sites is 3. The van der Waals surface area contributed by atoms with E-state index in [1.165, 1.54) is 21.8 Å². The van der Waals surface area contributed by atoms with E-state index in [4.69, 9.17) is 4.42 Å². The lowest BCUT2D eigenvalue weighted by molar-refractivity contribution is 0.668. The molecule has 3 nitrogen and oxygen atoms in total. The fraction of sp³-hybridized carbons (Fsp3) is 0. The standard InChI is InChI=1S/C36H23BrN2O/c37-24-14-16-26(17-15-24)38(25-8-2-1-3-9-25)27-18-20-31-32-21-19-28(23-36(32)40-35(31)22-27)39-33-12-6-4-10-29(33)30-11-5-7-13-34(30)39/h1-23H. The van der Waals surface area contributed by atoms with Crippen LogP contribution >= 0.6 is 15.9 Å². The molecule has 0 saturated heterocycles. The van der Waals surface area contributed by atoms with Crippen molar-refractivity contribution < 1.29 is 4.42 Å². The molecule has 8 aromatic rings. The molecule has 40 heavy (non-hydrogen) atoms. The normalized spacial score (nSPS) is 11.6. The summed E-state index contributed by atoms with van der Waals surface area (Å²) >= 11 is 3.57. The van der Waals surface area contributed by atoms with Gasteiger partial charge in [0.2, 0.25) is 0 Å². The first-order chi connectivity index (χ1) is 19.7. The van der Waals surface area contributed by atoms with E-state index in [0.29, 0.717) is 0 Å². The zero-order chi connectivity index (χ0) is 26.6. The SMILES string of the molecule is Brc1ccc(N(c2ccccc2)c2ccc3c(c2)oc2cc(-n4c5ccccc5c5ccccc54)ccc23)cc1. The van der Waals surface area contributed by atoms with Crippen molar-refractivity contribution in [2.45, 2.75) is 0 Å². The summed E-state index contributed by atoms with van der Waals surface area (Å²) < 4.78 is 9.93. The number of rotatable bonds is 4. The summed E-state index contributed by atoms with van der Waals surface area (Å²) in [6.07, 6.45) is 0. The fourth-order valence-electron chi connectivity index (χ4n) is 5.85. The van der Waals surface area contributed by atoms with E-state index < -0.39 is 0 Å². The Morgan fingerprint density at radius 2 is 1.02 bits per heavy atom. The summed E-state index contributed by atoms with van der Waals surface area (Å²) in [6, 6.07) is 49.0. The van der Waals surface area contributed by atoms with E-state index in [2.05, 4.69) is 159 Å². The maximum Gasteiger partial charge on any atom is 0.137 e. The van der Waals surface area contributed by atoms with Crippen LogP contribution in [0.3, 0.4) is 0 Å². The minimum Gasteiger partial charge on any atom is -0.456 e. The first-order valence-corrected chi connectivity index (χ1v) is 14.1. The summed E-state index contributed by atoms with van der Waals surface area (Å²) in [5.41, 5.74) is 8.43. The highest BCUT2D eigenvalue weighted by Gasteiger charge is 2.17. The predicted molar refractivity (Wildman–Crippen MR) is 170 cm³/mol. The molecule has 0 aliphatic heterocycles. The molecule has 8 rings (SSSR count). The molecule has 0 bridgehead atoms. The van der Waals surface area contributed by atoms with Gasteiger partial charge >= 0.3 is 0 Å². The van der Waals surface area contributed by atoms with Crippen molar-refractivity contribution in [3.8, 4) is 5.69 Å². The number of furan rings is 1. The Kier molecular flexibility index (Phi) is 5.29. The number of hydrogen-bond donors (Lipinski definition) is 0. The maximum absolute atomic E-state index is 6.55. The minimum atomic E-state index is 0.866. The second kappa shape index (κ2) is 9.15. The number of anilines is 3. The first-order valence-electron chi connectivity index (χ1n) is 13.3. The van der Waals surface area contributed by atoms with Crippen LogP contribution in [-0.4, -0.2) is 4.57 Å². The quantitative estimate of drug-likeness (QED) is 0.207. The van der Waals surface area contributed by atoms with E-state index in [1.807, 2.05) is 6.07 Å². The lowest BCUT2D eigenvalue weighted by atomic mass is 10.1. The van der Waals surface area contributed by atoms with Crippen LogP contribution < -0.4 is 4.90 Å². The summed E-state index contributed by atoms with van der Waals surface area (Å²) in [5.74, 6) is 0. The van der Waals surface area contributed by atoms with Crippen LogP contribution in [0.25, 0.3) is 49.4 Å². The fourth-order valence-corrected chi connectivity index (χ4v) is 6.11. The molecular formula is C36H23BrN2O. The van der Waals surface area contributed by atoms with Crippen LogP contribution in [-0.2, 0) is 0 Å². The summed E-state index contributed by atoms with van der Waals surface area (Å²) in [4.78, 5) is 2.25. The van der Waals surface area contributed by atoms with Crippen LogP contribution in [0.2, 0.25) is 0 Å². The molecular weight excluding hydrogens is 556 g/mol. The Hall–Kier alpha value is -4.80. The van der Waals surface area contributed by atoms with Crippen molar-refractivity contribution in [3.63, 3.8) is 0 Å². The van der Waals surface area contributed by atoms with Crippen LogP contribution in [0.4, 0.5) is 17.1 Å². The van der Waals surface area contributed by atoms with Crippen LogP contribution in [0.15, 0.2) is 148 Å². The van der Waals surface area contributed by atoms with Crippen molar-refractivity contribution in [3.05, 3.63) is 144 Å². The van der Waals surface area contributed by atoms with Gasteiger partial charge in [-0.15, -0.1) is 0 Å². The number of nitrogens with zero attached hydrogens (tertiary/aromatic N) is 2. The summed E-state index contributed by atoms with van der Waals surface area (Å²) in [5, 5.41) is 4.72. The zero-order valence-electron chi connectivity index (χ0n) is 21.5. The van der Waals surface area contributed by atoms with Gasteiger partial charge in [0.1, 0.15) is 11.2 Å². The maximum atomic E-state index is 6.55. The molecule has 0 amide bonds. The van der Waals surface area contributed by atoms with Crippen molar-refractivity contribution in [2.24, 2.45) is 0 Å². The van der Waals surface area contributed by atoms with Crippen LogP contribution in [0, 0.1) is 0 Å².